The number of carbonyl (C=O) groups is 1. The summed E-state index contributed by atoms with van der Waals surface area (Å²) in [6.07, 6.45) is 3.21. The van der Waals surface area contributed by atoms with Crippen LogP contribution in [-0.4, -0.2) is 18.0 Å². The Bertz CT molecular complexity index is 1020. The van der Waals surface area contributed by atoms with E-state index in [0.717, 1.165) is 39.0 Å². The summed E-state index contributed by atoms with van der Waals surface area (Å²) in [6, 6.07) is 7.61. The molecule has 0 atom stereocenters. The van der Waals surface area contributed by atoms with Crippen LogP contribution < -0.4 is 10.1 Å². The fourth-order valence-electron chi connectivity index (χ4n) is 2.89. The Balaban J connectivity index is 1.96. The fraction of sp³-hybridized carbons (Fsp3) is 0.238. The van der Waals surface area contributed by atoms with Crippen molar-refractivity contribution in [3.05, 3.63) is 59.0 Å². The first-order chi connectivity index (χ1) is 12.4. The molecule has 0 radical (unpaired) electrons. The molecule has 1 N–H and O–H groups in total. The molecule has 1 aromatic carbocycles. The number of allylic oxidation sites excluding steroid dienone is 1. The minimum absolute atomic E-state index is 0.230. The van der Waals surface area contributed by atoms with Crippen LogP contribution in [0.25, 0.3) is 16.5 Å². The van der Waals surface area contributed by atoms with Crippen molar-refractivity contribution in [2.45, 2.75) is 27.7 Å². The number of furan rings is 1. The molecule has 3 aromatic rings. The van der Waals surface area contributed by atoms with Gasteiger partial charge in [-0.2, -0.15) is 0 Å². The Kier molecular flexibility index (Phi) is 4.80. The first-order valence-corrected chi connectivity index (χ1v) is 8.39. The molecule has 0 aliphatic heterocycles. The zero-order valence-corrected chi connectivity index (χ0v) is 15.6. The van der Waals surface area contributed by atoms with Crippen LogP contribution in [0.3, 0.4) is 0 Å². The number of nitrogens with zero attached hydrogens (tertiary/aromatic N) is 1. The van der Waals surface area contributed by atoms with Gasteiger partial charge in [0.05, 0.1) is 7.11 Å². The quantitative estimate of drug-likeness (QED) is 0.686. The van der Waals surface area contributed by atoms with E-state index >= 15 is 0 Å². The molecule has 0 saturated heterocycles. The van der Waals surface area contributed by atoms with Gasteiger partial charge in [-0.15, -0.1) is 0 Å². The Morgan fingerprint density at radius 1 is 1.27 bits per heavy atom. The maximum atomic E-state index is 12.4. The molecule has 2 aromatic heterocycles. The number of benzene rings is 1. The number of hydrogen-bond donors (Lipinski definition) is 1. The van der Waals surface area contributed by atoms with Crippen molar-refractivity contribution in [3.8, 4) is 5.75 Å². The number of hydrogen-bond acceptors (Lipinski definition) is 4. The van der Waals surface area contributed by atoms with Crippen LogP contribution in [0.5, 0.6) is 5.75 Å². The minimum Gasteiger partial charge on any atom is -0.496 e. The van der Waals surface area contributed by atoms with Crippen molar-refractivity contribution in [2.24, 2.45) is 0 Å². The molecule has 3 rings (SSSR count). The van der Waals surface area contributed by atoms with Gasteiger partial charge < -0.3 is 14.5 Å². The molecule has 26 heavy (non-hydrogen) atoms. The third-order valence-electron chi connectivity index (χ3n) is 4.52. The van der Waals surface area contributed by atoms with Gasteiger partial charge in [0.2, 0.25) is 5.91 Å². The van der Waals surface area contributed by atoms with E-state index in [1.165, 1.54) is 0 Å². The van der Waals surface area contributed by atoms with Crippen molar-refractivity contribution in [2.75, 3.05) is 12.4 Å². The highest BCUT2D eigenvalue weighted by Crippen LogP contribution is 2.34. The van der Waals surface area contributed by atoms with Crippen LogP contribution in [0.15, 0.2) is 41.0 Å². The number of fused-ring (bicyclic) bond motifs is 1. The lowest BCUT2D eigenvalue weighted by molar-refractivity contribution is -0.111. The largest absolute Gasteiger partial charge is 0.496 e. The molecule has 0 aliphatic rings. The third-order valence-corrected chi connectivity index (χ3v) is 4.52. The molecule has 0 aliphatic carbocycles. The highest BCUT2D eigenvalue weighted by atomic mass is 16.5. The van der Waals surface area contributed by atoms with Crippen LogP contribution in [0.4, 0.5) is 5.82 Å². The topological polar surface area (TPSA) is 64.4 Å². The monoisotopic (exact) mass is 350 g/mol. The average molecular weight is 350 g/mol. The molecule has 0 spiro atoms. The zero-order chi connectivity index (χ0) is 18.8. The van der Waals surface area contributed by atoms with Crippen LogP contribution in [-0.2, 0) is 4.79 Å². The molecule has 0 unspecified atom stereocenters. The number of aromatic nitrogens is 1. The number of aryl methyl sites for hydroxylation is 3. The van der Waals surface area contributed by atoms with Crippen LogP contribution in [0.2, 0.25) is 0 Å². The van der Waals surface area contributed by atoms with Gasteiger partial charge in [0.25, 0.3) is 0 Å². The Labute approximate surface area is 152 Å². The molecule has 0 saturated carbocycles. The number of pyridine rings is 1. The third kappa shape index (κ3) is 3.33. The van der Waals surface area contributed by atoms with Gasteiger partial charge in [0.15, 0.2) is 0 Å². The number of ether oxygens (including phenoxy) is 1. The maximum absolute atomic E-state index is 12.4. The molecule has 0 bridgehead atoms. The molecular formula is C21H22N2O3. The highest BCUT2D eigenvalue weighted by molar-refractivity contribution is 6.04. The van der Waals surface area contributed by atoms with Crippen molar-refractivity contribution >= 4 is 28.3 Å². The highest BCUT2D eigenvalue weighted by Gasteiger charge is 2.14. The standard InChI is InChI=1S/C21H22N2O3/c1-12-7-6-8-22-21(12)23-20(24)9-13(2)16-10-17-14(3)15(4)26-19(17)11-18(16)25-5/h6-11H,1-5H3,(H,22,23,24)/b13-9+. The summed E-state index contributed by atoms with van der Waals surface area (Å²) in [4.78, 5) is 16.6. The molecule has 2 heterocycles. The van der Waals surface area contributed by atoms with Gasteiger partial charge in [0.1, 0.15) is 22.9 Å². The summed E-state index contributed by atoms with van der Waals surface area (Å²) in [5.74, 6) is 1.88. The molecule has 5 heteroatoms. The van der Waals surface area contributed by atoms with E-state index in [9.17, 15) is 4.79 Å². The summed E-state index contributed by atoms with van der Waals surface area (Å²) in [5, 5.41) is 3.84. The van der Waals surface area contributed by atoms with E-state index < -0.39 is 0 Å². The van der Waals surface area contributed by atoms with Gasteiger partial charge in [-0.1, -0.05) is 6.07 Å². The summed E-state index contributed by atoms with van der Waals surface area (Å²) >= 11 is 0. The van der Waals surface area contributed by atoms with E-state index in [-0.39, 0.29) is 5.91 Å². The lowest BCUT2D eigenvalue weighted by Crippen LogP contribution is -2.11. The summed E-state index contributed by atoms with van der Waals surface area (Å²) in [7, 11) is 1.61. The molecule has 0 fully saturated rings. The van der Waals surface area contributed by atoms with Crippen molar-refractivity contribution in [1.82, 2.24) is 4.98 Å². The van der Waals surface area contributed by atoms with Gasteiger partial charge in [0, 0.05) is 29.3 Å². The number of carbonyl (C=O) groups excluding carboxylic acids is 1. The van der Waals surface area contributed by atoms with E-state index in [2.05, 4.69) is 10.3 Å². The number of rotatable bonds is 4. The number of methoxy groups -OCH3 is 1. The Hall–Kier alpha value is -3.08. The maximum Gasteiger partial charge on any atom is 0.249 e. The van der Waals surface area contributed by atoms with Crippen molar-refractivity contribution < 1.29 is 13.9 Å². The first-order valence-electron chi connectivity index (χ1n) is 8.39. The van der Waals surface area contributed by atoms with Crippen LogP contribution in [0, 0.1) is 20.8 Å². The molecule has 1 amide bonds. The summed E-state index contributed by atoms with van der Waals surface area (Å²) < 4.78 is 11.3. The second kappa shape index (κ2) is 7.04. The summed E-state index contributed by atoms with van der Waals surface area (Å²) in [6.45, 7) is 7.75. The number of amides is 1. The normalized spacial score (nSPS) is 11.7. The van der Waals surface area contributed by atoms with E-state index in [1.807, 2.05) is 52.0 Å². The van der Waals surface area contributed by atoms with Crippen molar-refractivity contribution in [1.29, 1.82) is 0 Å². The van der Waals surface area contributed by atoms with Gasteiger partial charge in [-0.05, 0) is 56.5 Å². The van der Waals surface area contributed by atoms with Gasteiger partial charge >= 0.3 is 0 Å². The van der Waals surface area contributed by atoms with Gasteiger partial charge in [-0.3, -0.25) is 4.79 Å². The Morgan fingerprint density at radius 2 is 2.04 bits per heavy atom. The van der Waals surface area contributed by atoms with E-state index in [0.29, 0.717) is 11.6 Å². The lowest BCUT2D eigenvalue weighted by Gasteiger charge is -2.10. The zero-order valence-electron chi connectivity index (χ0n) is 15.6. The van der Waals surface area contributed by atoms with E-state index in [1.54, 1.807) is 19.4 Å². The van der Waals surface area contributed by atoms with Crippen LogP contribution >= 0.6 is 0 Å². The summed E-state index contributed by atoms with van der Waals surface area (Å²) in [5.41, 5.74) is 4.44. The average Bonchev–Trinajstić information content (AvgIpc) is 2.89. The predicted octanol–water partition coefficient (Wildman–Crippen LogP) is 4.80. The van der Waals surface area contributed by atoms with Crippen LogP contribution in [0.1, 0.15) is 29.4 Å². The molecule has 5 nitrogen and oxygen atoms in total. The molecule has 134 valence electrons. The minimum atomic E-state index is -0.230. The van der Waals surface area contributed by atoms with E-state index in [4.69, 9.17) is 9.15 Å². The fourth-order valence-corrected chi connectivity index (χ4v) is 2.89. The number of nitrogens with one attached hydrogen (secondary N) is 1. The van der Waals surface area contributed by atoms with Crippen molar-refractivity contribution in [3.63, 3.8) is 0 Å². The number of anilines is 1. The predicted molar refractivity (Wildman–Crippen MR) is 103 cm³/mol. The lowest BCUT2D eigenvalue weighted by atomic mass is 10.0. The Morgan fingerprint density at radius 3 is 2.73 bits per heavy atom. The molecular weight excluding hydrogens is 328 g/mol. The van der Waals surface area contributed by atoms with Gasteiger partial charge in [-0.25, -0.2) is 4.98 Å². The second-order valence-corrected chi connectivity index (χ2v) is 6.32. The second-order valence-electron chi connectivity index (χ2n) is 6.32. The smallest absolute Gasteiger partial charge is 0.249 e. The first kappa shape index (κ1) is 17.7. The SMILES string of the molecule is COc1cc2oc(C)c(C)c2cc1/C(C)=C/C(=O)Nc1ncccc1C.